The van der Waals surface area contributed by atoms with E-state index in [0.717, 1.165) is 11.4 Å². The molecule has 0 bridgehead atoms. The van der Waals surface area contributed by atoms with E-state index in [1.165, 1.54) is 11.1 Å². The summed E-state index contributed by atoms with van der Waals surface area (Å²) >= 11 is 0. The van der Waals surface area contributed by atoms with E-state index < -0.39 is 0 Å². The van der Waals surface area contributed by atoms with Crippen LogP contribution in [0.4, 0.5) is 11.5 Å². The fourth-order valence-electron chi connectivity index (χ4n) is 3.07. The normalized spacial score (nSPS) is 13.0. The molecule has 0 atom stereocenters. The van der Waals surface area contributed by atoms with Crippen molar-refractivity contribution >= 4 is 23.3 Å². The molecule has 0 saturated heterocycles. The van der Waals surface area contributed by atoms with Gasteiger partial charge in [-0.1, -0.05) is 30.3 Å². The number of likely N-dealkylation sites (N-methyl/N-ethyl adjacent to an activating group) is 1. The molecule has 0 unspecified atom stereocenters. The number of nitrogens with zero attached hydrogens (tertiary/aromatic N) is 4. The highest BCUT2D eigenvalue weighted by Crippen LogP contribution is 2.26. The monoisotopic (exact) mass is 376 g/mol. The van der Waals surface area contributed by atoms with Gasteiger partial charge >= 0.3 is 0 Å². The van der Waals surface area contributed by atoms with Crippen LogP contribution in [0.15, 0.2) is 55.0 Å². The molecule has 28 heavy (non-hydrogen) atoms. The summed E-state index contributed by atoms with van der Waals surface area (Å²) in [5.74, 6) is 1.01. The molecule has 0 radical (unpaired) electrons. The zero-order valence-electron chi connectivity index (χ0n) is 15.4. The summed E-state index contributed by atoms with van der Waals surface area (Å²) in [6.07, 6.45) is 5.11. The smallest absolute Gasteiger partial charge is 0.253 e. The van der Waals surface area contributed by atoms with Gasteiger partial charge in [0.25, 0.3) is 5.91 Å². The Hall–Kier alpha value is -3.68. The molecule has 2 N–H and O–H groups in total. The number of pyridine rings is 1. The maximum absolute atomic E-state index is 12.6. The van der Waals surface area contributed by atoms with Crippen LogP contribution in [0.1, 0.15) is 21.7 Å². The lowest BCUT2D eigenvalue weighted by Gasteiger charge is -2.26. The topological polar surface area (TPSA) is 92.2 Å². The number of amides is 2. The van der Waals surface area contributed by atoms with Crippen molar-refractivity contribution in [3.05, 3.63) is 71.9 Å². The van der Waals surface area contributed by atoms with Crippen molar-refractivity contribution in [2.75, 3.05) is 23.8 Å². The fourth-order valence-corrected chi connectivity index (χ4v) is 3.07. The molecule has 142 valence electrons. The van der Waals surface area contributed by atoms with Crippen molar-refractivity contribution < 1.29 is 9.59 Å². The van der Waals surface area contributed by atoms with Crippen molar-refractivity contribution in [1.29, 1.82) is 0 Å². The van der Waals surface area contributed by atoms with Crippen LogP contribution in [-0.2, 0) is 17.9 Å². The van der Waals surface area contributed by atoms with Crippen LogP contribution in [0.25, 0.3) is 0 Å². The third kappa shape index (κ3) is 3.57. The summed E-state index contributed by atoms with van der Waals surface area (Å²) < 4.78 is 2.00. The Morgan fingerprint density at radius 1 is 1.25 bits per heavy atom. The second-order valence-corrected chi connectivity index (χ2v) is 6.54. The molecular weight excluding hydrogens is 356 g/mol. The first kappa shape index (κ1) is 17.7. The van der Waals surface area contributed by atoms with Crippen LogP contribution in [0.5, 0.6) is 0 Å². The minimum absolute atomic E-state index is 0.0743. The van der Waals surface area contributed by atoms with E-state index in [1.807, 2.05) is 41.1 Å². The quantitative estimate of drug-likeness (QED) is 0.706. The lowest BCUT2D eigenvalue weighted by molar-refractivity contribution is -0.116. The van der Waals surface area contributed by atoms with E-state index in [1.54, 1.807) is 19.3 Å². The number of imidazole rings is 1. The second kappa shape index (κ2) is 7.51. The number of benzene rings is 1. The SMILES string of the molecule is CN1C(=O)CNc2ncc(C(=O)NCc3nccn3Cc3ccccc3)cc21. The van der Waals surface area contributed by atoms with E-state index in [0.29, 0.717) is 30.2 Å². The first-order chi connectivity index (χ1) is 13.6. The first-order valence-corrected chi connectivity index (χ1v) is 8.94. The first-order valence-electron chi connectivity index (χ1n) is 8.94. The molecule has 1 aliphatic heterocycles. The Balaban J connectivity index is 1.44. The molecule has 4 rings (SSSR count). The van der Waals surface area contributed by atoms with Crippen molar-refractivity contribution in [1.82, 2.24) is 19.9 Å². The average molecular weight is 376 g/mol. The predicted octanol–water partition coefficient (Wildman–Crippen LogP) is 1.64. The minimum atomic E-state index is -0.268. The van der Waals surface area contributed by atoms with E-state index in [4.69, 9.17) is 0 Å². The largest absolute Gasteiger partial charge is 0.359 e. The van der Waals surface area contributed by atoms with E-state index in [2.05, 4.69) is 20.6 Å². The zero-order valence-corrected chi connectivity index (χ0v) is 15.4. The third-order valence-electron chi connectivity index (χ3n) is 4.68. The summed E-state index contributed by atoms with van der Waals surface area (Å²) in [6, 6.07) is 11.7. The van der Waals surface area contributed by atoms with Gasteiger partial charge < -0.3 is 20.1 Å². The number of rotatable bonds is 5. The van der Waals surface area contributed by atoms with Crippen LogP contribution >= 0.6 is 0 Å². The highest BCUT2D eigenvalue weighted by atomic mass is 16.2. The van der Waals surface area contributed by atoms with Crippen LogP contribution in [-0.4, -0.2) is 39.9 Å². The fraction of sp³-hybridized carbons (Fsp3) is 0.200. The molecule has 0 fully saturated rings. The van der Waals surface area contributed by atoms with Gasteiger partial charge in [0.1, 0.15) is 11.6 Å². The Labute approximate surface area is 162 Å². The number of hydrogen-bond donors (Lipinski definition) is 2. The lowest BCUT2D eigenvalue weighted by Crippen LogP contribution is -2.37. The highest BCUT2D eigenvalue weighted by molar-refractivity contribution is 6.03. The molecular formula is C20H20N6O2. The van der Waals surface area contributed by atoms with Crippen molar-refractivity contribution in [2.24, 2.45) is 0 Å². The standard InChI is InChI=1S/C20H20N6O2/c1-25-16-9-15(10-22-19(16)23-12-18(25)27)20(28)24-11-17-21-7-8-26(17)13-14-5-3-2-4-6-14/h2-10H,11-13H2,1H3,(H,22,23)(H,24,28). The summed E-state index contributed by atoms with van der Waals surface area (Å²) in [6.45, 7) is 1.18. The number of carbonyl (C=O) groups is 2. The Kier molecular flexibility index (Phi) is 4.76. The maximum Gasteiger partial charge on any atom is 0.253 e. The Morgan fingerprint density at radius 2 is 2.07 bits per heavy atom. The molecule has 0 aliphatic carbocycles. The molecule has 0 spiro atoms. The number of hydrogen-bond acceptors (Lipinski definition) is 5. The molecule has 2 aromatic heterocycles. The van der Waals surface area contributed by atoms with Crippen LogP contribution < -0.4 is 15.5 Å². The van der Waals surface area contributed by atoms with Gasteiger partial charge in [0.15, 0.2) is 0 Å². The second-order valence-electron chi connectivity index (χ2n) is 6.54. The van der Waals surface area contributed by atoms with Gasteiger partial charge in [-0.05, 0) is 11.6 Å². The van der Waals surface area contributed by atoms with E-state index in [-0.39, 0.29) is 18.4 Å². The third-order valence-corrected chi connectivity index (χ3v) is 4.68. The van der Waals surface area contributed by atoms with Crippen molar-refractivity contribution in [3.8, 4) is 0 Å². The van der Waals surface area contributed by atoms with Gasteiger partial charge in [-0.15, -0.1) is 0 Å². The van der Waals surface area contributed by atoms with Gasteiger partial charge in [-0.3, -0.25) is 9.59 Å². The summed E-state index contributed by atoms with van der Waals surface area (Å²) in [5, 5.41) is 5.82. The van der Waals surface area contributed by atoms with Crippen LogP contribution in [0.3, 0.4) is 0 Å². The van der Waals surface area contributed by atoms with Crippen molar-refractivity contribution in [2.45, 2.75) is 13.1 Å². The Morgan fingerprint density at radius 3 is 2.89 bits per heavy atom. The summed E-state index contributed by atoms with van der Waals surface area (Å²) in [5.41, 5.74) is 2.14. The number of carbonyl (C=O) groups excluding carboxylic acids is 2. The summed E-state index contributed by atoms with van der Waals surface area (Å²) in [7, 11) is 1.67. The molecule has 3 heterocycles. The number of aromatic nitrogens is 3. The molecule has 2 amide bonds. The average Bonchev–Trinajstić information content (AvgIpc) is 3.16. The number of anilines is 2. The van der Waals surface area contributed by atoms with Gasteiger partial charge in [-0.25, -0.2) is 9.97 Å². The van der Waals surface area contributed by atoms with Crippen LogP contribution in [0.2, 0.25) is 0 Å². The summed E-state index contributed by atoms with van der Waals surface area (Å²) in [4.78, 5) is 34.5. The van der Waals surface area contributed by atoms with Gasteiger partial charge in [0, 0.05) is 32.2 Å². The molecule has 8 heteroatoms. The molecule has 1 aromatic carbocycles. The minimum Gasteiger partial charge on any atom is -0.359 e. The van der Waals surface area contributed by atoms with Crippen LogP contribution in [0, 0.1) is 0 Å². The van der Waals surface area contributed by atoms with Gasteiger partial charge in [-0.2, -0.15) is 0 Å². The molecule has 8 nitrogen and oxygen atoms in total. The maximum atomic E-state index is 12.6. The lowest BCUT2D eigenvalue weighted by atomic mass is 10.2. The van der Waals surface area contributed by atoms with Crippen molar-refractivity contribution in [3.63, 3.8) is 0 Å². The van der Waals surface area contributed by atoms with Gasteiger partial charge in [0.05, 0.1) is 24.3 Å². The van der Waals surface area contributed by atoms with E-state index in [9.17, 15) is 9.59 Å². The molecule has 3 aromatic rings. The van der Waals surface area contributed by atoms with E-state index >= 15 is 0 Å². The van der Waals surface area contributed by atoms with Gasteiger partial charge in [0.2, 0.25) is 5.91 Å². The highest BCUT2D eigenvalue weighted by Gasteiger charge is 2.23. The Bertz CT molecular complexity index is 1010. The predicted molar refractivity (Wildman–Crippen MR) is 105 cm³/mol. The molecule has 0 saturated carbocycles. The number of fused-ring (bicyclic) bond motifs is 1. The molecule has 1 aliphatic rings. The number of nitrogens with one attached hydrogen (secondary N) is 2. The zero-order chi connectivity index (χ0) is 19.5.